The van der Waals surface area contributed by atoms with Crippen LogP contribution in [0.5, 0.6) is 5.75 Å². The average molecular weight is 232 g/mol. The molecule has 4 heteroatoms. The lowest BCUT2D eigenvalue weighted by Gasteiger charge is -2.04. The molecule has 90 valence electrons. The third kappa shape index (κ3) is 2.58. The van der Waals surface area contributed by atoms with Crippen molar-refractivity contribution in [3.05, 3.63) is 30.0 Å². The van der Waals surface area contributed by atoms with Gasteiger partial charge in [0.1, 0.15) is 5.75 Å². The number of aromatic nitrogens is 1. The van der Waals surface area contributed by atoms with Crippen LogP contribution in [0.2, 0.25) is 0 Å². The summed E-state index contributed by atoms with van der Waals surface area (Å²) in [4.78, 5) is 13.5. The molecule has 0 bridgehead atoms. The third-order valence-corrected chi connectivity index (χ3v) is 2.58. The number of rotatable bonds is 5. The number of ether oxygens (including phenoxy) is 1. The van der Waals surface area contributed by atoms with Crippen molar-refractivity contribution < 1.29 is 14.6 Å². The maximum absolute atomic E-state index is 10.7. The van der Waals surface area contributed by atoms with Crippen LogP contribution in [0.1, 0.15) is 30.3 Å². The van der Waals surface area contributed by atoms with Gasteiger partial charge in [-0.3, -0.25) is 0 Å². The lowest BCUT2D eigenvalue weighted by Crippen LogP contribution is -2.22. The number of H-pyrrole nitrogens is 1. The predicted octanol–water partition coefficient (Wildman–Crippen LogP) is 1.71. The Morgan fingerprint density at radius 1 is 1.41 bits per heavy atom. The van der Waals surface area contributed by atoms with E-state index in [1.54, 1.807) is 12.1 Å². The van der Waals surface area contributed by atoms with E-state index in [1.807, 2.05) is 12.1 Å². The van der Waals surface area contributed by atoms with Crippen molar-refractivity contribution in [1.82, 2.24) is 4.98 Å². The van der Waals surface area contributed by atoms with E-state index in [1.165, 1.54) is 0 Å². The number of aromatic carboxylic acids is 1. The minimum absolute atomic E-state index is 0.0886. The van der Waals surface area contributed by atoms with Gasteiger partial charge in [0.05, 0.1) is 18.3 Å². The Bertz CT molecular complexity index is 530. The van der Waals surface area contributed by atoms with E-state index in [0.29, 0.717) is 6.61 Å². The Balaban J connectivity index is 2.21. The van der Waals surface area contributed by atoms with Crippen LogP contribution in [0.3, 0.4) is 0 Å². The van der Waals surface area contributed by atoms with E-state index in [4.69, 9.17) is 4.74 Å². The van der Waals surface area contributed by atoms with Crippen molar-refractivity contribution in [2.75, 3.05) is 6.61 Å². The number of benzene rings is 1. The van der Waals surface area contributed by atoms with Gasteiger partial charge in [-0.2, -0.15) is 0 Å². The zero-order valence-electron chi connectivity index (χ0n) is 9.66. The fourth-order valence-electron chi connectivity index (χ4n) is 1.64. The molecule has 2 aromatic rings. The number of unbranched alkanes of at least 4 members (excludes halogenated alkanes) is 1. The summed E-state index contributed by atoms with van der Waals surface area (Å²) in [6.07, 6.45) is 2.09. The minimum atomic E-state index is -1.20. The molecule has 0 saturated carbocycles. The molecule has 0 aliphatic carbocycles. The Morgan fingerprint density at radius 2 is 2.24 bits per heavy atom. The quantitative estimate of drug-likeness (QED) is 0.798. The van der Waals surface area contributed by atoms with E-state index < -0.39 is 5.97 Å². The van der Waals surface area contributed by atoms with Crippen LogP contribution in [0, 0.1) is 0 Å². The predicted molar refractivity (Wildman–Crippen MR) is 63.0 cm³/mol. The Hall–Kier alpha value is -1.97. The Morgan fingerprint density at radius 3 is 2.94 bits per heavy atom. The third-order valence-electron chi connectivity index (χ3n) is 2.58. The number of carboxylic acid groups (broad SMARTS) is 1. The number of hydrogen-bond acceptors (Lipinski definition) is 3. The zero-order valence-corrected chi connectivity index (χ0v) is 9.66. The van der Waals surface area contributed by atoms with Gasteiger partial charge < -0.3 is 19.6 Å². The molecule has 1 N–H and O–H groups in total. The molecule has 0 radical (unpaired) electrons. The van der Waals surface area contributed by atoms with Crippen LogP contribution < -0.4 is 9.84 Å². The number of fused-ring (bicyclic) bond motifs is 1. The molecule has 0 spiro atoms. The van der Waals surface area contributed by atoms with E-state index >= 15 is 0 Å². The van der Waals surface area contributed by atoms with Crippen LogP contribution in [0.4, 0.5) is 0 Å². The number of hydrogen-bond donors (Lipinski definition) is 1. The minimum Gasteiger partial charge on any atom is -0.543 e. The number of aromatic amines is 1. The van der Waals surface area contributed by atoms with E-state index in [9.17, 15) is 9.90 Å². The summed E-state index contributed by atoms with van der Waals surface area (Å²) in [5.74, 6) is -0.452. The summed E-state index contributed by atoms with van der Waals surface area (Å²) in [5.41, 5.74) is 0.837. The molecule has 0 fully saturated rings. The van der Waals surface area contributed by atoms with Crippen molar-refractivity contribution in [2.45, 2.75) is 19.8 Å². The van der Waals surface area contributed by atoms with Crippen LogP contribution in [0.15, 0.2) is 24.3 Å². The number of carboxylic acids is 1. The van der Waals surface area contributed by atoms with Gasteiger partial charge in [0.15, 0.2) is 0 Å². The van der Waals surface area contributed by atoms with Crippen LogP contribution in [0.25, 0.3) is 10.9 Å². The first kappa shape index (κ1) is 11.5. The highest BCUT2D eigenvalue weighted by Crippen LogP contribution is 2.21. The Labute approximate surface area is 99.2 Å². The van der Waals surface area contributed by atoms with Crippen molar-refractivity contribution >= 4 is 16.9 Å². The normalized spacial score (nSPS) is 10.6. The van der Waals surface area contributed by atoms with Crippen LogP contribution in [-0.2, 0) is 0 Å². The molecule has 1 aromatic heterocycles. The number of carbonyl (C=O) groups excluding carboxylic acids is 1. The lowest BCUT2D eigenvalue weighted by atomic mass is 10.2. The standard InChI is InChI=1S/C13H15NO3/c1-2-3-6-17-10-5-4-9-7-12(13(15)16)14-11(9)8-10/h4-5,7-8,14H,2-3,6H2,1H3,(H,15,16)/p-1. The highest BCUT2D eigenvalue weighted by atomic mass is 16.5. The maximum Gasteiger partial charge on any atom is 0.121 e. The molecule has 0 aliphatic heterocycles. The van der Waals surface area contributed by atoms with Gasteiger partial charge in [0, 0.05) is 17.0 Å². The molecule has 2 rings (SSSR count). The summed E-state index contributed by atoms with van der Waals surface area (Å²) in [6, 6.07) is 7.03. The molecule has 1 aromatic carbocycles. The highest BCUT2D eigenvalue weighted by Gasteiger charge is 2.03. The summed E-state index contributed by atoms with van der Waals surface area (Å²) in [7, 11) is 0. The highest BCUT2D eigenvalue weighted by molar-refractivity contribution is 5.93. The molecule has 1 heterocycles. The first-order valence-electron chi connectivity index (χ1n) is 5.67. The van der Waals surface area contributed by atoms with Crippen molar-refractivity contribution in [1.29, 1.82) is 0 Å². The van der Waals surface area contributed by atoms with Crippen LogP contribution >= 0.6 is 0 Å². The molecule has 0 saturated heterocycles. The molecule has 0 aliphatic rings. The van der Waals surface area contributed by atoms with Gasteiger partial charge in [0.25, 0.3) is 0 Å². The van der Waals surface area contributed by atoms with Gasteiger partial charge in [-0.25, -0.2) is 0 Å². The second-order valence-corrected chi connectivity index (χ2v) is 3.92. The molecular formula is C13H14NO3-. The monoisotopic (exact) mass is 232 g/mol. The molecule has 4 nitrogen and oxygen atoms in total. The SMILES string of the molecule is CCCCOc1ccc2cc(C(=O)[O-])[nH]c2c1. The molecule has 0 atom stereocenters. The van der Waals surface area contributed by atoms with Gasteiger partial charge in [-0.05, 0) is 24.6 Å². The van der Waals surface area contributed by atoms with Crippen molar-refractivity contribution in [2.24, 2.45) is 0 Å². The fourth-order valence-corrected chi connectivity index (χ4v) is 1.64. The van der Waals surface area contributed by atoms with E-state index in [-0.39, 0.29) is 5.69 Å². The first-order valence-corrected chi connectivity index (χ1v) is 5.67. The molecule has 17 heavy (non-hydrogen) atoms. The fraction of sp³-hybridized carbons (Fsp3) is 0.308. The summed E-state index contributed by atoms with van der Waals surface area (Å²) >= 11 is 0. The number of nitrogens with one attached hydrogen (secondary N) is 1. The summed E-state index contributed by atoms with van der Waals surface area (Å²) < 4.78 is 5.54. The van der Waals surface area contributed by atoms with E-state index in [2.05, 4.69) is 11.9 Å². The van der Waals surface area contributed by atoms with Gasteiger partial charge in [-0.15, -0.1) is 0 Å². The smallest absolute Gasteiger partial charge is 0.121 e. The summed E-state index contributed by atoms with van der Waals surface area (Å²) in [6.45, 7) is 2.78. The van der Waals surface area contributed by atoms with Gasteiger partial charge in [0.2, 0.25) is 0 Å². The van der Waals surface area contributed by atoms with Crippen molar-refractivity contribution in [3.8, 4) is 5.75 Å². The molecule has 0 unspecified atom stereocenters. The van der Waals surface area contributed by atoms with Crippen molar-refractivity contribution in [3.63, 3.8) is 0 Å². The second-order valence-electron chi connectivity index (χ2n) is 3.92. The zero-order chi connectivity index (χ0) is 12.3. The van der Waals surface area contributed by atoms with Crippen LogP contribution in [-0.4, -0.2) is 17.6 Å². The Kier molecular flexibility index (Phi) is 3.32. The first-order chi connectivity index (χ1) is 8.20. The maximum atomic E-state index is 10.7. The molecule has 0 amide bonds. The molecular weight excluding hydrogens is 218 g/mol. The summed E-state index contributed by atoms with van der Waals surface area (Å²) in [5, 5.41) is 11.5. The lowest BCUT2D eigenvalue weighted by molar-refractivity contribution is -0.255. The van der Waals surface area contributed by atoms with Gasteiger partial charge >= 0.3 is 0 Å². The largest absolute Gasteiger partial charge is 0.543 e. The number of carbonyl (C=O) groups is 1. The average Bonchev–Trinajstić information content (AvgIpc) is 2.72. The second kappa shape index (κ2) is 4.91. The van der Waals surface area contributed by atoms with E-state index in [0.717, 1.165) is 29.5 Å². The topological polar surface area (TPSA) is 65.2 Å². The van der Waals surface area contributed by atoms with Gasteiger partial charge in [-0.1, -0.05) is 13.3 Å².